The van der Waals surface area contributed by atoms with Crippen molar-refractivity contribution in [3.8, 4) is 0 Å². The van der Waals surface area contributed by atoms with Crippen LogP contribution in [-0.4, -0.2) is 36.3 Å². The van der Waals surface area contributed by atoms with E-state index in [9.17, 15) is 18.4 Å². The van der Waals surface area contributed by atoms with E-state index in [1.807, 2.05) is 0 Å². The molecule has 0 unspecified atom stereocenters. The van der Waals surface area contributed by atoms with Gasteiger partial charge in [0.05, 0.1) is 0 Å². The number of likely N-dealkylation sites (tertiary alicyclic amines) is 1. The van der Waals surface area contributed by atoms with E-state index >= 15 is 0 Å². The second-order valence-electron chi connectivity index (χ2n) is 4.65. The molecule has 1 aromatic carbocycles. The summed E-state index contributed by atoms with van der Waals surface area (Å²) in [4.78, 5) is 24.6. The number of halogens is 2. The van der Waals surface area contributed by atoms with Crippen LogP contribution < -0.4 is 5.32 Å². The number of carbonyl (C=O) groups excluding carboxylic acids is 2. The maximum absolute atomic E-state index is 13.0. The van der Waals surface area contributed by atoms with Gasteiger partial charge in [-0.15, -0.1) is 0 Å². The molecule has 0 spiro atoms. The van der Waals surface area contributed by atoms with Crippen molar-refractivity contribution < 1.29 is 18.4 Å². The SMILES string of the molecule is C=CC(=O)N1CC(CNC(=O)c2ccc(F)c(F)c2)C1. The van der Waals surface area contributed by atoms with E-state index in [1.54, 1.807) is 4.90 Å². The Morgan fingerprint density at radius 2 is 2.05 bits per heavy atom. The highest BCUT2D eigenvalue weighted by atomic mass is 19.2. The van der Waals surface area contributed by atoms with E-state index in [0.717, 1.165) is 12.1 Å². The first-order chi connectivity index (χ1) is 9.51. The molecular weight excluding hydrogens is 266 g/mol. The predicted molar refractivity (Wildman–Crippen MR) is 69.0 cm³/mol. The van der Waals surface area contributed by atoms with E-state index in [0.29, 0.717) is 19.6 Å². The van der Waals surface area contributed by atoms with Gasteiger partial charge in [-0.2, -0.15) is 0 Å². The van der Waals surface area contributed by atoms with Crippen molar-refractivity contribution in [1.29, 1.82) is 0 Å². The topological polar surface area (TPSA) is 49.4 Å². The zero-order valence-electron chi connectivity index (χ0n) is 10.7. The first-order valence-corrected chi connectivity index (χ1v) is 6.16. The van der Waals surface area contributed by atoms with E-state index in [4.69, 9.17) is 0 Å². The maximum Gasteiger partial charge on any atom is 0.251 e. The van der Waals surface area contributed by atoms with Crippen LogP contribution in [0.1, 0.15) is 10.4 Å². The molecule has 1 N–H and O–H groups in total. The highest BCUT2D eigenvalue weighted by Crippen LogP contribution is 2.15. The molecule has 4 nitrogen and oxygen atoms in total. The monoisotopic (exact) mass is 280 g/mol. The van der Waals surface area contributed by atoms with Gasteiger partial charge in [0, 0.05) is 31.1 Å². The maximum atomic E-state index is 13.0. The number of amides is 2. The van der Waals surface area contributed by atoms with Gasteiger partial charge in [-0.25, -0.2) is 8.78 Å². The van der Waals surface area contributed by atoms with Gasteiger partial charge >= 0.3 is 0 Å². The lowest BCUT2D eigenvalue weighted by atomic mass is 10.00. The van der Waals surface area contributed by atoms with Gasteiger partial charge < -0.3 is 10.2 Å². The summed E-state index contributed by atoms with van der Waals surface area (Å²) in [6.45, 7) is 4.90. The summed E-state index contributed by atoms with van der Waals surface area (Å²) in [5.41, 5.74) is 0.0715. The molecule has 0 atom stereocenters. The van der Waals surface area contributed by atoms with Crippen molar-refractivity contribution in [2.24, 2.45) is 5.92 Å². The van der Waals surface area contributed by atoms with Gasteiger partial charge in [0.15, 0.2) is 11.6 Å². The molecule has 0 bridgehead atoms. The summed E-state index contributed by atoms with van der Waals surface area (Å²) >= 11 is 0. The van der Waals surface area contributed by atoms with Crippen LogP contribution in [0.3, 0.4) is 0 Å². The lowest BCUT2D eigenvalue weighted by Gasteiger charge is -2.38. The van der Waals surface area contributed by atoms with Crippen LogP contribution in [0, 0.1) is 17.6 Å². The van der Waals surface area contributed by atoms with E-state index in [1.165, 1.54) is 12.1 Å². The Balaban J connectivity index is 1.80. The van der Waals surface area contributed by atoms with Gasteiger partial charge in [0.2, 0.25) is 5.91 Å². The Morgan fingerprint density at radius 1 is 1.35 bits per heavy atom. The third kappa shape index (κ3) is 3.01. The van der Waals surface area contributed by atoms with Crippen LogP contribution in [-0.2, 0) is 4.79 Å². The molecule has 0 aliphatic carbocycles. The molecule has 1 aromatic rings. The molecule has 1 fully saturated rings. The average Bonchev–Trinajstić information content (AvgIpc) is 2.39. The zero-order valence-corrected chi connectivity index (χ0v) is 10.7. The molecule has 0 aromatic heterocycles. The largest absolute Gasteiger partial charge is 0.352 e. The molecule has 20 heavy (non-hydrogen) atoms. The molecule has 2 amide bonds. The van der Waals surface area contributed by atoms with Crippen LogP contribution in [0.4, 0.5) is 8.78 Å². The Hall–Kier alpha value is -2.24. The summed E-state index contributed by atoms with van der Waals surface area (Å²) in [6.07, 6.45) is 1.25. The number of nitrogens with zero attached hydrogens (tertiary/aromatic N) is 1. The van der Waals surface area contributed by atoms with Crippen molar-refractivity contribution in [2.75, 3.05) is 19.6 Å². The molecule has 106 valence electrons. The zero-order chi connectivity index (χ0) is 14.7. The summed E-state index contributed by atoms with van der Waals surface area (Å²) in [7, 11) is 0. The fraction of sp³-hybridized carbons (Fsp3) is 0.286. The summed E-state index contributed by atoms with van der Waals surface area (Å²) in [5.74, 6) is -2.46. The Bertz CT molecular complexity index is 554. The molecule has 1 aliphatic heterocycles. The Kier molecular flexibility index (Phi) is 4.12. The molecule has 0 saturated carbocycles. The van der Waals surface area contributed by atoms with Gasteiger partial charge in [-0.3, -0.25) is 9.59 Å². The van der Waals surface area contributed by atoms with Crippen LogP contribution in [0.15, 0.2) is 30.9 Å². The molecule has 0 radical (unpaired) electrons. The first-order valence-electron chi connectivity index (χ1n) is 6.16. The second-order valence-corrected chi connectivity index (χ2v) is 4.65. The van der Waals surface area contributed by atoms with Crippen LogP contribution >= 0.6 is 0 Å². The third-order valence-electron chi connectivity index (χ3n) is 3.18. The molecule has 1 heterocycles. The number of benzene rings is 1. The molecule has 1 saturated heterocycles. The van der Waals surface area contributed by atoms with Crippen molar-refractivity contribution in [3.05, 3.63) is 48.1 Å². The lowest BCUT2D eigenvalue weighted by molar-refractivity contribution is -0.131. The number of nitrogens with one attached hydrogen (secondary N) is 1. The number of carbonyl (C=O) groups is 2. The van der Waals surface area contributed by atoms with Crippen LogP contribution in [0.25, 0.3) is 0 Å². The van der Waals surface area contributed by atoms with Crippen molar-refractivity contribution in [3.63, 3.8) is 0 Å². The highest BCUT2D eigenvalue weighted by Gasteiger charge is 2.29. The van der Waals surface area contributed by atoms with Crippen LogP contribution in [0.5, 0.6) is 0 Å². The molecule has 6 heteroatoms. The second kappa shape index (κ2) is 5.81. The van der Waals surface area contributed by atoms with Gasteiger partial charge in [-0.05, 0) is 24.3 Å². The number of rotatable bonds is 4. The minimum absolute atomic E-state index is 0.0715. The molecular formula is C14H14F2N2O2. The van der Waals surface area contributed by atoms with E-state index in [2.05, 4.69) is 11.9 Å². The fourth-order valence-electron chi connectivity index (χ4n) is 1.98. The molecule has 2 rings (SSSR count). The van der Waals surface area contributed by atoms with Gasteiger partial charge in [-0.1, -0.05) is 6.58 Å². The first kappa shape index (κ1) is 14.2. The number of hydrogen-bond donors (Lipinski definition) is 1. The Labute approximate surface area is 115 Å². The van der Waals surface area contributed by atoms with E-state index < -0.39 is 17.5 Å². The third-order valence-corrected chi connectivity index (χ3v) is 3.18. The van der Waals surface area contributed by atoms with Gasteiger partial charge in [0.1, 0.15) is 0 Å². The Morgan fingerprint density at radius 3 is 2.65 bits per heavy atom. The predicted octanol–water partition coefficient (Wildman–Crippen LogP) is 1.34. The minimum atomic E-state index is -1.05. The standard InChI is InChI=1S/C14H14F2N2O2/c1-2-13(19)18-7-9(8-18)6-17-14(20)10-3-4-11(15)12(16)5-10/h2-5,9H,1,6-8H2,(H,17,20). The van der Waals surface area contributed by atoms with E-state index in [-0.39, 0.29) is 17.4 Å². The summed E-state index contributed by atoms with van der Waals surface area (Å²) in [5, 5.41) is 2.63. The average molecular weight is 280 g/mol. The molecule has 1 aliphatic rings. The highest BCUT2D eigenvalue weighted by molar-refractivity contribution is 5.94. The smallest absolute Gasteiger partial charge is 0.251 e. The normalized spacial score (nSPS) is 14.6. The minimum Gasteiger partial charge on any atom is -0.352 e. The van der Waals surface area contributed by atoms with Crippen molar-refractivity contribution in [2.45, 2.75) is 0 Å². The lowest BCUT2D eigenvalue weighted by Crippen LogP contribution is -2.53. The van der Waals surface area contributed by atoms with Crippen LogP contribution in [0.2, 0.25) is 0 Å². The summed E-state index contributed by atoms with van der Waals surface area (Å²) < 4.78 is 25.7. The summed E-state index contributed by atoms with van der Waals surface area (Å²) in [6, 6.07) is 3.00. The van der Waals surface area contributed by atoms with Gasteiger partial charge in [0.25, 0.3) is 5.91 Å². The van der Waals surface area contributed by atoms with Crippen molar-refractivity contribution in [1.82, 2.24) is 10.2 Å². The number of hydrogen-bond acceptors (Lipinski definition) is 2. The quantitative estimate of drug-likeness (QED) is 0.846. The fourth-order valence-corrected chi connectivity index (χ4v) is 1.98. The van der Waals surface area contributed by atoms with Crippen molar-refractivity contribution >= 4 is 11.8 Å².